The monoisotopic (exact) mass is 370 g/mol. The van der Waals surface area contributed by atoms with Crippen LogP contribution in [0.15, 0.2) is 51.9 Å². The van der Waals surface area contributed by atoms with Gasteiger partial charge in [0, 0.05) is 0 Å². The molecule has 0 radical (unpaired) electrons. The summed E-state index contributed by atoms with van der Waals surface area (Å²) in [7, 11) is 1.50. The molecule has 22 heavy (non-hydrogen) atoms. The van der Waals surface area contributed by atoms with E-state index in [0.717, 1.165) is 20.6 Å². The van der Waals surface area contributed by atoms with Crippen molar-refractivity contribution in [3.8, 4) is 12.3 Å². The van der Waals surface area contributed by atoms with Crippen molar-refractivity contribution in [2.24, 2.45) is 0 Å². The first-order valence-corrected chi connectivity index (χ1v) is 9.70. The third kappa shape index (κ3) is 4.65. The fraction of sp³-hybridized carbons (Fsp3) is 0.263. The summed E-state index contributed by atoms with van der Waals surface area (Å²) in [5.41, 5.74) is 4.28. The Morgan fingerprint density at radius 1 is 1.23 bits per heavy atom. The normalized spacial score (nSPS) is 16.8. The Bertz CT molecular complexity index is 606. The summed E-state index contributed by atoms with van der Waals surface area (Å²) >= 11 is -0.545. The van der Waals surface area contributed by atoms with Gasteiger partial charge in [-0.25, -0.2) is 0 Å². The molecule has 1 aromatic rings. The van der Waals surface area contributed by atoms with Crippen LogP contribution in [0.1, 0.15) is 27.6 Å². The molecule has 0 bridgehead atoms. The summed E-state index contributed by atoms with van der Waals surface area (Å²) in [6, 6.07) is 8.77. The molecule has 0 heterocycles. The summed E-state index contributed by atoms with van der Waals surface area (Å²) in [6.07, 6.45) is 16.7. The minimum Gasteiger partial charge on any atom is -0.857 e. The molecule has 0 spiro atoms. The molecule has 112 valence electrons. The number of terminal acetylenes is 1. The summed E-state index contributed by atoms with van der Waals surface area (Å²) in [4.78, 5) is 0. The number of benzene rings is 1. The quantitative estimate of drug-likeness (QED) is 0.763. The van der Waals surface area contributed by atoms with Gasteiger partial charge in [0.25, 0.3) is 0 Å². The Labute approximate surface area is 144 Å². The van der Waals surface area contributed by atoms with E-state index in [4.69, 9.17) is 16.6 Å². The van der Waals surface area contributed by atoms with Crippen molar-refractivity contribution in [1.82, 2.24) is 0 Å². The molecule has 2 aliphatic carbocycles. The molecule has 0 aliphatic heterocycles. The van der Waals surface area contributed by atoms with Crippen molar-refractivity contribution >= 4 is 5.57 Å². The van der Waals surface area contributed by atoms with E-state index in [9.17, 15) is 0 Å². The van der Waals surface area contributed by atoms with Crippen molar-refractivity contribution in [1.29, 1.82) is 0 Å². The third-order valence-electron chi connectivity index (χ3n) is 3.41. The number of allylic oxidation sites excluding steroid dienone is 6. The van der Waals surface area contributed by atoms with Crippen LogP contribution in [0.3, 0.4) is 0 Å². The molecule has 0 fully saturated rings. The van der Waals surface area contributed by atoms with Crippen LogP contribution < -0.4 is 10.2 Å². The summed E-state index contributed by atoms with van der Waals surface area (Å²) in [5.74, 6) is 2.79. The molecule has 1 unspecified atom stereocenters. The number of rotatable bonds is 3. The Hall–Kier alpha value is -1.20. The van der Waals surface area contributed by atoms with Crippen molar-refractivity contribution in [2.75, 3.05) is 14.2 Å². The van der Waals surface area contributed by atoms with E-state index in [1.54, 1.807) is 3.28 Å². The average Bonchev–Trinajstić information content (AvgIpc) is 3.21. The molecule has 0 saturated heterocycles. The Balaban J connectivity index is 0.000000561. The summed E-state index contributed by atoms with van der Waals surface area (Å²) < 4.78 is 2.37. The van der Waals surface area contributed by atoms with Crippen LogP contribution in [0, 0.1) is 12.3 Å². The molecule has 2 aliphatic rings. The van der Waals surface area contributed by atoms with Gasteiger partial charge in [0.05, 0.1) is 0 Å². The van der Waals surface area contributed by atoms with Gasteiger partial charge in [0.1, 0.15) is 0 Å². The molecule has 0 amide bonds. The van der Waals surface area contributed by atoms with E-state index in [-0.39, 0.29) is 0 Å². The average molecular weight is 372 g/mol. The van der Waals surface area contributed by atoms with E-state index >= 15 is 0 Å². The van der Waals surface area contributed by atoms with Crippen LogP contribution in [-0.4, -0.2) is 14.2 Å². The van der Waals surface area contributed by atoms with Gasteiger partial charge in [-0.15, -0.1) is 0 Å². The minimum atomic E-state index is -0.545. The number of hydrogen-bond donors (Lipinski definition) is 0. The van der Waals surface area contributed by atoms with Crippen LogP contribution in [0.2, 0.25) is 0 Å². The van der Waals surface area contributed by atoms with E-state index in [1.807, 2.05) is 0 Å². The maximum absolute atomic E-state index is 8.25. The van der Waals surface area contributed by atoms with Gasteiger partial charge in [-0.1, -0.05) is 0 Å². The first kappa shape index (κ1) is 18.9. The molecule has 2 nitrogen and oxygen atoms in total. The maximum Gasteiger partial charge on any atom is -0.153 e. The summed E-state index contributed by atoms with van der Waals surface area (Å²) in [5, 5.41) is 16.5. The predicted octanol–water partition coefficient (Wildman–Crippen LogP) is 2.03. The molecule has 3 heteroatoms. The van der Waals surface area contributed by atoms with Crippen molar-refractivity contribution in [2.45, 2.75) is 16.5 Å². The molecular weight excluding hydrogens is 351 g/mol. The van der Waals surface area contributed by atoms with Crippen LogP contribution in [0.4, 0.5) is 0 Å². The minimum absolute atomic E-state index is 0.545. The Morgan fingerprint density at radius 3 is 2.59 bits per heavy atom. The van der Waals surface area contributed by atoms with Crippen LogP contribution in [-0.2, 0) is 23.2 Å². The smallest absolute Gasteiger partial charge is 0.153 e. The second-order valence-corrected chi connectivity index (χ2v) is 8.42. The first-order chi connectivity index (χ1) is 10.9. The standard InChI is InChI=1S/C12H9.C5H5.2CH3O.Zr/c1-2-5-10-8-9-11-6-3-4-7-12(10)11;1-2-4-5-3-1;2*1-2;/h1,3-4,6-9H,5H2;1-3H,4H2;2*1H3;/q;;2*-1;+2. The number of hydrogen-bond acceptors (Lipinski definition) is 2. The maximum atomic E-state index is 8.25. The van der Waals surface area contributed by atoms with Gasteiger partial charge in [-0.3, -0.25) is 0 Å². The first-order valence-electron chi connectivity index (χ1n) is 7.06. The zero-order valence-corrected chi connectivity index (χ0v) is 15.5. The fourth-order valence-electron chi connectivity index (χ4n) is 2.58. The van der Waals surface area contributed by atoms with E-state index in [2.05, 4.69) is 54.5 Å². The Kier molecular flexibility index (Phi) is 9.01. The summed E-state index contributed by atoms with van der Waals surface area (Å²) in [6.45, 7) is 0. The molecule has 1 aromatic carbocycles. The van der Waals surface area contributed by atoms with Crippen molar-refractivity contribution in [3.05, 3.63) is 63.0 Å². The van der Waals surface area contributed by atoms with Crippen LogP contribution in [0.25, 0.3) is 5.57 Å². The van der Waals surface area contributed by atoms with E-state index in [1.165, 1.54) is 23.1 Å². The topological polar surface area (TPSA) is 46.1 Å². The molecule has 0 N–H and O–H groups in total. The van der Waals surface area contributed by atoms with Gasteiger partial charge in [0.2, 0.25) is 0 Å². The van der Waals surface area contributed by atoms with Gasteiger partial charge >= 0.3 is 121 Å². The molecule has 0 saturated carbocycles. The third-order valence-corrected chi connectivity index (χ3v) is 7.18. The Morgan fingerprint density at radius 2 is 1.95 bits per heavy atom. The largest absolute Gasteiger partial charge is 0.857 e. The van der Waals surface area contributed by atoms with Crippen LogP contribution >= 0.6 is 0 Å². The fourth-order valence-corrected chi connectivity index (χ4v) is 6.31. The van der Waals surface area contributed by atoms with Gasteiger partial charge in [-0.05, 0) is 0 Å². The molecule has 1 atom stereocenters. The van der Waals surface area contributed by atoms with Crippen LogP contribution in [0.5, 0.6) is 0 Å². The van der Waals surface area contributed by atoms with E-state index in [0.29, 0.717) is 3.63 Å². The zero-order chi connectivity index (χ0) is 16.4. The second kappa shape index (κ2) is 10.5. The van der Waals surface area contributed by atoms with Crippen molar-refractivity contribution in [3.63, 3.8) is 0 Å². The SMILES string of the molecule is C#CCC1=C[CH]([Zr+2][C]2=CC=CC2)c2ccccc21.C[O-].C[O-]. The van der Waals surface area contributed by atoms with Gasteiger partial charge < -0.3 is 10.2 Å². The van der Waals surface area contributed by atoms with Gasteiger partial charge in [-0.2, -0.15) is 14.2 Å². The zero-order valence-electron chi connectivity index (χ0n) is 13.0. The number of fused-ring (bicyclic) bond motifs is 1. The molecule has 3 rings (SSSR count). The van der Waals surface area contributed by atoms with Gasteiger partial charge in [0.15, 0.2) is 0 Å². The second-order valence-electron chi connectivity index (χ2n) is 4.61. The molecule has 0 aromatic heterocycles. The predicted molar refractivity (Wildman–Crippen MR) is 84.3 cm³/mol. The van der Waals surface area contributed by atoms with Crippen molar-refractivity contribution < 1.29 is 33.4 Å². The molecular formula is C19H20O2Zr. The van der Waals surface area contributed by atoms with E-state index < -0.39 is 23.2 Å².